The summed E-state index contributed by atoms with van der Waals surface area (Å²) in [5, 5.41) is 9.44. The average Bonchev–Trinajstić information content (AvgIpc) is 2.39. The second kappa shape index (κ2) is 8.04. The molecule has 0 N–H and O–H groups in total. The van der Waals surface area contributed by atoms with E-state index in [1.165, 1.54) is 0 Å². The number of pyridine rings is 1. The van der Waals surface area contributed by atoms with Gasteiger partial charge in [0.2, 0.25) is 0 Å². The number of rotatable bonds is 7. The zero-order valence-corrected chi connectivity index (χ0v) is 11.5. The molecule has 0 unspecified atom stereocenters. The summed E-state index contributed by atoms with van der Waals surface area (Å²) < 4.78 is 5.06. The number of alkyl halides is 1. The first-order valence-electron chi connectivity index (χ1n) is 5.43. The van der Waals surface area contributed by atoms with Gasteiger partial charge in [-0.2, -0.15) is 5.26 Å². The van der Waals surface area contributed by atoms with Crippen LogP contribution in [0.1, 0.15) is 12.0 Å². The Labute approximate surface area is 110 Å². The number of aromatic nitrogens is 1. The van der Waals surface area contributed by atoms with Crippen LogP contribution in [-0.2, 0) is 10.1 Å². The van der Waals surface area contributed by atoms with Gasteiger partial charge in [0.05, 0.1) is 19.1 Å². The number of methoxy groups -OCH3 is 1. The predicted octanol–water partition coefficient (Wildman–Crippen LogP) is 2.34. The van der Waals surface area contributed by atoms with Gasteiger partial charge in [-0.1, -0.05) is 22.0 Å². The minimum atomic E-state index is 0.492. The molecule has 17 heavy (non-hydrogen) atoms. The molecule has 1 heterocycles. The van der Waals surface area contributed by atoms with E-state index in [1.807, 2.05) is 18.3 Å². The summed E-state index contributed by atoms with van der Waals surface area (Å²) in [6, 6.07) is 6.16. The van der Waals surface area contributed by atoms with Crippen LogP contribution in [0.2, 0.25) is 0 Å². The minimum absolute atomic E-state index is 0.492. The third kappa shape index (κ3) is 4.72. The van der Waals surface area contributed by atoms with Gasteiger partial charge < -0.3 is 9.64 Å². The monoisotopic (exact) mass is 297 g/mol. The first-order chi connectivity index (χ1) is 8.31. The minimum Gasteiger partial charge on any atom is -0.383 e. The van der Waals surface area contributed by atoms with E-state index < -0.39 is 0 Å². The van der Waals surface area contributed by atoms with Crippen molar-refractivity contribution in [2.24, 2.45) is 0 Å². The highest BCUT2D eigenvalue weighted by Gasteiger charge is 2.07. The van der Waals surface area contributed by atoms with E-state index >= 15 is 0 Å². The van der Waals surface area contributed by atoms with Crippen LogP contribution in [0.3, 0.4) is 0 Å². The fraction of sp³-hybridized carbons (Fsp3) is 0.500. The van der Waals surface area contributed by atoms with Crippen LogP contribution in [0.5, 0.6) is 0 Å². The molecule has 0 aliphatic heterocycles. The highest BCUT2D eigenvalue weighted by molar-refractivity contribution is 9.08. The summed E-state index contributed by atoms with van der Waals surface area (Å²) in [4.78, 5) is 6.45. The van der Waals surface area contributed by atoms with Gasteiger partial charge >= 0.3 is 0 Å². The average molecular weight is 298 g/mol. The fourth-order valence-electron chi connectivity index (χ4n) is 1.41. The molecule has 1 aromatic rings. The number of ether oxygens (including phenoxy) is 1. The lowest BCUT2D eigenvalue weighted by Crippen LogP contribution is -2.28. The van der Waals surface area contributed by atoms with Crippen molar-refractivity contribution in [2.75, 3.05) is 31.7 Å². The molecule has 0 fully saturated rings. The quantitative estimate of drug-likeness (QED) is 0.725. The van der Waals surface area contributed by atoms with Crippen LogP contribution in [-0.4, -0.2) is 31.8 Å². The largest absolute Gasteiger partial charge is 0.383 e. The number of hydrogen-bond donors (Lipinski definition) is 0. The lowest BCUT2D eigenvalue weighted by molar-refractivity contribution is 0.205. The Bertz CT molecular complexity index is 361. The molecule has 0 saturated carbocycles. The second-order valence-electron chi connectivity index (χ2n) is 3.55. The van der Waals surface area contributed by atoms with Gasteiger partial charge in [-0.15, -0.1) is 0 Å². The zero-order valence-electron chi connectivity index (χ0n) is 9.90. The van der Waals surface area contributed by atoms with E-state index in [0.717, 1.165) is 23.3 Å². The van der Waals surface area contributed by atoms with Crippen LogP contribution in [0.15, 0.2) is 18.3 Å². The lowest BCUT2D eigenvalue weighted by Gasteiger charge is -2.22. The molecule has 0 aromatic carbocycles. The number of hydrogen-bond acceptors (Lipinski definition) is 4. The van der Waals surface area contributed by atoms with Crippen LogP contribution in [0, 0.1) is 11.3 Å². The van der Waals surface area contributed by atoms with Gasteiger partial charge in [-0.25, -0.2) is 4.98 Å². The van der Waals surface area contributed by atoms with Crippen molar-refractivity contribution in [2.45, 2.75) is 11.8 Å². The number of nitriles is 1. The van der Waals surface area contributed by atoms with Crippen molar-refractivity contribution in [1.29, 1.82) is 5.26 Å². The van der Waals surface area contributed by atoms with Crippen molar-refractivity contribution in [3.8, 4) is 6.07 Å². The first kappa shape index (κ1) is 13.9. The van der Waals surface area contributed by atoms with Crippen LogP contribution in [0.25, 0.3) is 0 Å². The fourth-order valence-corrected chi connectivity index (χ4v) is 1.74. The van der Waals surface area contributed by atoms with Crippen LogP contribution < -0.4 is 4.90 Å². The van der Waals surface area contributed by atoms with Crippen molar-refractivity contribution in [3.63, 3.8) is 0 Å². The molecule has 92 valence electrons. The number of anilines is 1. The van der Waals surface area contributed by atoms with Crippen molar-refractivity contribution >= 4 is 21.7 Å². The SMILES string of the molecule is COCCN(CCC#N)c1ccc(CBr)cn1. The van der Waals surface area contributed by atoms with E-state index in [4.69, 9.17) is 10.00 Å². The summed E-state index contributed by atoms with van der Waals surface area (Å²) in [7, 11) is 1.67. The lowest BCUT2D eigenvalue weighted by atomic mass is 10.3. The molecule has 1 aromatic heterocycles. The standard InChI is InChI=1S/C12H16BrN3O/c1-17-8-7-16(6-2-5-14)12-4-3-11(9-13)10-15-12/h3-4,10H,2,6-9H2,1H3. The van der Waals surface area contributed by atoms with Crippen molar-refractivity contribution in [1.82, 2.24) is 4.98 Å². The maximum absolute atomic E-state index is 8.64. The Morgan fingerprint density at radius 2 is 2.29 bits per heavy atom. The maximum Gasteiger partial charge on any atom is 0.128 e. The Morgan fingerprint density at radius 1 is 1.47 bits per heavy atom. The first-order valence-corrected chi connectivity index (χ1v) is 6.55. The van der Waals surface area contributed by atoms with Gasteiger partial charge in [0.25, 0.3) is 0 Å². The molecule has 0 amide bonds. The molecule has 4 nitrogen and oxygen atoms in total. The molecule has 0 spiro atoms. The Morgan fingerprint density at radius 3 is 2.82 bits per heavy atom. The molecular weight excluding hydrogens is 282 g/mol. The Hall–Kier alpha value is -1.12. The summed E-state index contributed by atoms with van der Waals surface area (Å²) in [6.07, 6.45) is 2.34. The van der Waals surface area contributed by atoms with Gasteiger partial charge in [0.1, 0.15) is 5.82 Å². The van der Waals surface area contributed by atoms with Gasteiger partial charge in [0, 0.05) is 31.7 Å². The van der Waals surface area contributed by atoms with E-state index in [2.05, 4.69) is 31.9 Å². The zero-order chi connectivity index (χ0) is 12.5. The maximum atomic E-state index is 8.64. The van der Waals surface area contributed by atoms with Crippen LogP contribution in [0.4, 0.5) is 5.82 Å². The highest BCUT2D eigenvalue weighted by atomic mass is 79.9. The van der Waals surface area contributed by atoms with Gasteiger partial charge in [-0.3, -0.25) is 0 Å². The third-order valence-corrected chi connectivity index (χ3v) is 2.99. The smallest absolute Gasteiger partial charge is 0.128 e. The van der Waals surface area contributed by atoms with Gasteiger partial charge in [0.15, 0.2) is 0 Å². The normalized spacial score (nSPS) is 9.94. The van der Waals surface area contributed by atoms with E-state index in [0.29, 0.717) is 19.6 Å². The van der Waals surface area contributed by atoms with Gasteiger partial charge in [-0.05, 0) is 11.6 Å². The Kier molecular flexibility index (Phi) is 6.60. The third-order valence-electron chi connectivity index (χ3n) is 2.35. The van der Waals surface area contributed by atoms with E-state index in [-0.39, 0.29) is 0 Å². The summed E-state index contributed by atoms with van der Waals surface area (Å²) in [6.45, 7) is 2.06. The molecule has 0 radical (unpaired) electrons. The molecule has 0 aliphatic rings. The van der Waals surface area contributed by atoms with Crippen molar-refractivity contribution in [3.05, 3.63) is 23.9 Å². The summed E-state index contributed by atoms with van der Waals surface area (Å²) in [5.41, 5.74) is 1.14. The molecule has 1 rings (SSSR count). The predicted molar refractivity (Wildman–Crippen MR) is 71.2 cm³/mol. The van der Waals surface area contributed by atoms with E-state index in [9.17, 15) is 0 Å². The van der Waals surface area contributed by atoms with Crippen LogP contribution >= 0.6 is 15.9 Å². The number of halogens is 1. The Balaban J connectivity index is 2.69. The second-order valence-corrected chi connectivity index (χ2v) is 4.11. The van der Waals surface area contributed by atoms with E-state index in [1.54, 1.807) is 7.11 Å². The molecule has 5 heteroatoms. The molecule has 0 aliphatic carbocycles. The molecule has 0 atom stereocenters. The summed E-state index contributed by atoms with van der Waals surface area (Å²) in [5.74, 6) is 0.891. The van der Waals surface area contributed by atoms with Crippen molar-refractivity contribution < 1.29 is 4.74 Å². The number of nitrogens with zero attached hydrogens (tertiary/aromatic N) is 3. The molecule has 0 bridgehead atoms. The molecule has 0 saturated heterocycles. The topological polar surface area (TPSA) is 49.1 Å². The summed E-state index contributed by atoms with van der Waals surface area (Å²) >= 11 is 3.39. The molecular formula is C12H16BrN3O. The highest BCUT2D eigenvalue weighted by Crippen LogP contribution is 2.13.